The molecular formula is C20H16F2N2O4. The average Bonchev–Trinajstić information content (AvgIpc) is 2.67. The molecule has 0 radical (unpaired) electrons. The maximum atomic E-state index is 12.1. The summed E-state index contributed by atoms with van der Waals surface area (Å²) < 4.78 is 33.4. The van der Waals surface area contributed by atoms with Crippen molar-refractivity contribution in [1.29, 1.82) is 5.26 Å². The zero-order chi connectivity index (χ0) is 20.5. The van der Waals surface area contributed by atoms with Gasteiger partial charge in [0, 0.05) is 11.8 Å². The van der Waals surface area contributed by atoms with Crippen molar-refractivity contribution in [3.8, 4) is 11.8 Å². The summed E-state index contributed by atoms with van der Waals surface area (Å²) in [4.78, 5) is 23.9. The molecule has 8 heteroatoms. The highest BCUT2D eigenvalue weighted by molar-refractivity contribution is 5.96. The van der Waals surface area contributed by atoms with Gasteiger partial charge in [-0.25, -0.2) is 4.79 Å². The molecule has 0 aliphatic heterocycles. The van der Waals surface area contributed by atoms with Crippen LogP contribution in [0, 0.1) is 11.3 Å². The van der Waals surface area contributed by atoms with Gasteiger partial charge in [0.2, 0.25) is 0 Å². The third-order valence-electron chi connectivity index (χ3n) is 3.46. The molecule has 0 bridgehead atoms. The topological polar surface area (TPSA) is 88.4 Å². The van der Waals surface area contributed by atoms with E-state index in [-0.39, 0.29) is 5.75 Å². The zero-order valence-corrected chi connectivity index (χ0v) is 14.8. The number of carbonyl (C=O) groups is 2. The zero-order valence-electron chi connectivity index (χ0n) is 14.8. The van der Waals surface area contributed by atoms with Crippen LogP contribution in [0.15, 0.2) is 54.6 Å². The van der Waals surface area contributed by atoms with Gasteiger partial charge in [-0.2, -0.15) is 14.0 Å². The fourth-order valence-corrected chi connectivity index (χ4v) is 2.06. The predicted octanol–water partition coefficient (Wildman–Crippen LogP) is 3.74. The van der Waals surface area contributed by atoms with E-state index in [1.54, 1.807) is 24.3 Å². The number of esters is 1. The lowest BCUT2D eigenvalue weighted by Gasteiger charge is -2.12. The molecule has 0 unspecified atom stereocenters. The van der Waals surface area contributed by atoms with Crippen LogP contribution in [0.1, 0.15) is 18.1 Å². The van der Waals surface area contributed by atoms with Gasteiger partial charge < -0.3 is 14.8 Å². The minimum Gasteiger partial charge on any atom is -0.449 e. The first-order valence-electron chi connectivity index (χ1n) is 8.12. The summed E-state index contributed by atoms with van der Waals surface area (Å²) in [5.41, 5.74) is 1.48. The molecule has 1 amide bonds. The van der Waals surface area contributed by atoms with Crippen LogP contribution in [0.5, 0.6) is 5.75 Å². The number of hydrogen-bond donors (Lipinski definition) is 1. The number of carbonyl (C=O) groups excluding carboxylic acids is 2. The van der Waals surface area contributed by atoms with E-state index in [9.17, 15) is 18.4 Å². The second-order valence-corrected chi connectivity index (χ2v) is 5.54. The van der Waals surface area contributed by atoms with Gasteiger partial charge in [0.15, 0.2) is 6.10 Å². The van der Waals surface area contributed by atoms with Crippen LogP contribution in [0.3, 0.4) is 0 Å². The van der Waals surface area contributed by atoms with Crippen molar-refractivity contribution >= 4 is 23.6 Å². The quantitative estimate of drug-likeness (QED) is 0.578. The van der Waals surface area contributed by atoms with Gasteiger partial charge in [-0.15, -0.1) is 0 Å². The Hall–Kier alpha value is -3.73. The Balaban J connectivity index is 1.86. The summed E-state index contributed by atoms with van der Waals surface area (Å²) >= 11 is 0. The Morgan fingerprint density at radius 1 is 1.11 bits per heavy atom. The first-order chi connectivity index (χ1) is 13.4. The van der Waals surface area contributed by atoms with Crippen LogP contribution in [-0.4, -0.2) is 24.6 Å². The van der Waals surface area contributed by atoms with Crippen LogP contribution in [0.2, 0.25) is 0 Å². The third kappa shape index (κ3) is 6.53. The number of benzene rings is 2. The van der Waals surface area contributed by atoms with E-state index in [0.29, 0.717) is 16.8 Å². The van der Waals surface area contributed by atoms with Crippen molar-refractivity contribution in [3.05, 3.63) is 65.7 Å². The standard InChI is InChI=1S/C20H16F2N2O4/c1-13(19(26)24-16-7-2-15(12-23)3-8-16)27-18(25)11-6-14-4-9-17(10-5-14)28-20(21)22/h2-11,13,20H,1H3,(H,24,26)/b11-6+/t13-/m0/s1. The first kappa shape index (κ1) is 20.6. The van der Waals surface area contributed by atoms with E-state index in [1.807, 2.05) is 6.07 Å². The molecule has 28 heavy (non-hydrogen) atoms. The van der Waals surface area contributed by atoms with Gasteiger partial charge in [0.25, 0.3) is 5.91 Å². The van der Waals surface area contributed by atoms with Crippen LogP contribution >= 0.6 is 0 Å². The molecule has 1 N–H and O–H groups in total. The van der Waals surface area contributed by atoms with Crippen LogP contribution in [-0.2, 0) is 14.3 Å². The summed E-state index contributed by atoms with van der Waals surface area (Å²) in [7, 11) is 0. The predicted molar refractivity (Wildman–Crippen MR) is 97.4 cm³/mol. The van der Waals surface area contributed by atoms with Crippen LogP contribution < -0.4 is 10.1 Å². The lowest BCUT2D eigenvalue weighted by molar-refractivity contribution is -0.148. The Morgan fingerprint density at radius 3 is 2.32 bits per heavy atom. The Labute approximate surface area is 160 Å². The van der Waals surface area contributed by atoms with Crippen molar-refractivity contribution in [3.63, 3.8) is 0 Å². The van der Waals surface area contributed by atoms with E-state index < -0.39 is 24.6 Å². The molecule has 0 fully saturated rings. The normalized spacial score (nSPS) is 11.7. The van der Waals surface area contributed by atoms with Gasteiger partial charge in [-0.05, 0) is 55.0 Å². The average molecular weight is 386 g/mol. The SMILES string of the molecule is C[C@H](OC(=O)/C=C/c1ccc(OC(F)F)cc1)C(=O)Nc1ccc(C#N)cc1. The van der Waals surface area contributed by atoms with Gasteiger partial charge >= 0.3 is 12.6 Å². The van der Waals surface area contributed by atoms with Crippen LogP contribution in [0.25, 0.3) is 6.08 Å². The number of hydrogen-bond acceptors (Lipinski definition) is 5. The molecule has 0 aliphatic rings. The number of nitrogens with one attached hydrogen (secondary N) is 1. The minimum absolute atomic E-state index is 0.00261. The van der Waals surface area contributed by atoms with E-state index in [4.69, 9.17) is 10.00 Å². The van der Waals surface area contributed by atoms with Crippen molar-refractivity contribution in [2.24, 2.45) is 0 Å². The van der Waals surface area contributed by atoms with Crippen LogP contribution in [0.4, 0.5) is 14.5 Å². The van der Waals surface area contributed by atoms with E-state index in [2.05, 4.69) is 10.1 Å². The number of nitrogens with zero attached hydrogens (tertiary/aromatic N) is 1. The highest BCUT2D eigenvalue weighted by Crippen LogP contribution is 2.16. The van der Waals surface area contributed by atoms with Gasteiger partial charge in [0.05, 0.1) is 11.6 Å². The number of halogens is 2. The van der Waals surface area contributed by atoms with Crippen molar-refractivity contribution in [2.75, 3.05) is 5.32 Å². The highest BCUT2D eigenvalue weighted by Gasteiger charge is 2.16. The largest absolute Gasteiger partial charge is 0.449 e. The first-order valence-corrected chi connectivity index (χ1v) is 8.12. The molecule has 0 saturated heterocycles. The number of ether oxygens (including phenoxy) is 2. The minimum atomic E-state index is -2.91. The second kappa shape index (κ2) is 9.83. The molecule has 0 saturated carbocycles. The van der Waals surface area contributed by atoms with E-state index in [0.717, 1.165) is 6.08 Å². The Morgan fingerprint density at radius 2 is 1.75 bits per heavy atom. The molecule has 2 aromatic rings. The molecule has 0 aromatic heterocycles. The number of alkyl halides is 2. The maximum absolute atomic E-state index is 12.1. The van der Waals surface area contributed by atoms with E-state index >= 15 is 0 Å². The molecule has 0 aliphatic carbocycles. The summed E-state index contributed by atoms with van der Waals surface area (Å²) in [6, 6.07) is 13.8. The monoisotopic (exact) mass is 386 g/mol. The molecule has 2 aromatic carbocycles. The number of anilines is 1. The summed E-state index contributed by atoms with van der Waals surface area (Å²) in [5.74, 6) is -1.27. The molecule has 144 valence electrons. The number of rotatable bonds is 7. The number of nitriles is 1. The summed E-state index contributed by atoms with van der Waals surface area (Å²) in [5, 5.41) is 11.3. The lowest BCUT2D eigenvalue weighted by Crippen LogP contribution is -2.29. The van der Waals surface area contributed by atoms with Crippen molar-refractivity contribution in [2.45, 2.75) is 19.6 Å². The maximum Gasteiger partial charge on any atom is 0.387 e. The summed E-state index contributed by atoms with van der Waals surface area (Å²) in [6.07, 6.45) is 1.49. The molecule has 0 heterocycles. The molecule has 0 spiro atoms. The molecular weight excluding hydrogens is 370 g/mol. The van der Waals surface area contributed by atoms with Gasteiger partial charge in [-0.1, -0.05) is 12.1 Å². The molecule has 6 nitrogen and oxygen atoms in total. The molecule has 1 atom stereocenters. The fourth-order valence-electron chi connectivity index (χ4n) is 2.06. The second-order valence-electron chi connectivity index (χ2n) is 5.54. The smallest absolute Gasteiger partial charge is 0.387 e. The van der Waals surface area contributed by atoms with Gasteiger partial charge in [-0.3, -0.25) is 4.79 Å². The van der Waals surface area contributed by atoms with E-state index in [1.165, 1.54) is 37.3 Å². The Bertz CT molecular complexity index is 888. The summed E-state index contributed by atoms with van der Waals surface area (Å²) in [6.45, 7) is -1.49. The van der Waals surface area contributed by atoms with Crippen molar-refractivity contribution < 1.29 is 27.8 Å². The van der Waals surface area contributed by atoms with Gasteiger partial charge in [0.1, 0.15) is 5.75 Å². The Kier molecular flexibility index (Phi) is 7.22. The number of amides is 1. The highest BCUT2D eigenvalue weighted by atomic mass is 19.3. The lowest BCUT2D eigenvalue weighted by atomic mass is 10.2. The molecule has 2 rings (SSSR count). The van der Waals surface area contributed by atoms with Crippen molar-refractivity contribution in [1.82, 2.24) is 0 Å². The third-order valence-corrected chi connectivity index (χ3v) is 3.46. The fraction of sp³-hybridized carbons (Fsp3) is 0.150.